The molecule has 2 saturated carbocycles. The highest BCUT2D eigenvalue weighted by atomic mass is 14.9. The lowest BCUT2D eigenvalue weighted by Crippen LogP contribution is -2.34. The minimum absolute atomic E-state index is 0.656. The summed E-state index contributed by atoms with van der Waals surface area (Å²) >= 11 is 0. The van der Waals surface area contributed by atoms with Gasteiger partial charge in [-0.2, -0.15) is 0 Å². The monoisotopic (exact) mass is 280 g/mol. The number of hydrogen-bond acceptors (Lipinski definition) is 2. The summed E-state index contributed by atoms with van der Waals surface area (Å²) in [6, 6.07) is 9.28. The van der Waals surface area contributed by atoms with Crippen LogP contribution in [0.25, 0.3) is 10.8 Å². The van der Waals surface area contributed by atoms with E-state index in [1.165, 1.54) is 61.4 Å². The Balaban J connectivity index is 1.52. The molecule has 1 aromatic carbocycles. The standard InChI is InChI=1S/C19H24N2/c1-2-5-15-12-17(9-8-14(15)4-1)21-19-7-3-6-16-13-20-11-10-18(16)19/h3,6-7,10-11,13-15,17,21H,1-2,4-5,8-9,12H2. The molecule has 1 aromatic heterocycles. The summed E-state index contributed by atoms with van der Waals surface area (Å²) in [5, 5.41) is 6.36. The summed E-state index contributed by atoms with van der Waals surface area (Å²) in [5.74, 6) is 2.00. The molecule has 4 rings (SSSR count). The molecule has 0 aliphatic heterocycles. The molecule has 3 unspecified atom stereocenters. The molecule has 2 aliphatic rings. The second-order valence-corrected chi connectivity index (χ2v) is 6.86. The number of benzene rings is 1. The van der Waals surface area contributed by atoms with E-state index in [0.29, 0.717) is 6.04 Å². The Morgan fingerprint density at radius 3 is 2.81 bits per heavy atom. The largest absolute Gasteiger partial charge is 0.382 e. The predicted molar refractivity (Wildman–Crippen MR) is 88.5 cm³/mol. The van der Waals surface area contributed by atoms with Crippen LogP contribution in [-0.4, -0.2) is 11.0 Å². The fourth-order valence-electron chi connectivity index (χ4n) is 4.47. The summed E-state index contributed by atoms with van der Waals surface area (Å²) in [6.45, 7) is 0. The molecule has 2 fully saturated rings. The van der Waals surface area contributed by atoms with Crippen LogP contribution >= 0.6 is 0 Å². The van der Waals surface area contributed by atoms with Gasteiger partial charge in [0.2, 0.25) is 0 Å². The number of rotatable bonds is 2. The summed E-state index contributed by atoms with van der Waals surface area (Å²) in [4.78, 5) is 4.23. The molecule has 2 aromatic rings. The second kappa shape index (κ2) is 5.67. The van der Waals surface area contributed by atoms with Crippen molar-refractivity contribution in [2.75, 3.05) is 5.32 Å². The van der Waals surface area contributed by atoms with Crippen molar-refractivity contribution >= 4 is 16.5 Å². The molecule has 1 N–H and O–H groups in total. The first-order chi connectivity index (χ1) is 10.4. The third-order valence-electron chi connectivity index (χ3n) is 5.58. The smallest absolute Gasteiger partial charge is 0.0423 e. The van der Waals surface area contributed by atoms with Gasteiger partial charge in [-0.3, -0.25) is 4.98 Å². The van der Waals surface area contributed by atoms with E-state index in [2.05, 4.69) is 34.6 Å². The zero-order chi connectivity index (χ0) is 14.1. The predicted octanol–water partition coefficient (Wildman–Crippen LogP) is 5.01. The first kappa shape index (κ1) is 13.1. The van der Waals surface area contributed by atoms with E-state index in [1.807, 2.05) is 12.4 Å². The Hall–Kier alpha value is -1.57. The quantitative estimate of drug-likeness (QED) is 0.836. The van der Waals surface area contributed by atoms with Gasteiger partial charge in [-0.15, -0.1) is 0 Å². The van der Waals surface area contributed by atoms with Crippen molar-refractivity contribution < 1.29 is 0 Å². The van der Waals surface area contributed by atoms with Crippen molar-refractivity contribution in [3.8, 4) is 0 Å². The molecule has 0 amide bonds. The molecule has 0 saturated heterocycles. The van der Waals surface area contributed by atoms with Gasteiger partial charge in [-0.1, -0.05) is 37.8 Å². The number of fused-ring (bicyclic) bond motifs is 2. The van der Waals surface area contributed by atoms with Crippen LogP contribution in [0.2, 0.25) is 0 Å². The summed E-state index contributed by atoms with van der Waals surface area (Å²) in [7, 11) is 0. The highest BCUT2D eigenvalue weighted by Crippen LogP contribution is 2.41. The van der Waals surface area contributed by atoms with Crippen LogP contribution < -0.4 is 5.32 Å². The maximum Gasteiger partial charge on any atom is 0.0423 e. The Bertz CT molecular complexity index is 616. The third kappa shape index (κ3) is 2.64. The SMILES string of the molecule is c1cc(NC2CCC3CCCCC3C2)c2ccncc2c1. The van der Waals surface area contributed by atoms with Gasteiger partial charge in [0.1, 0.15) is 0 Å². The van der Waals surface area contributed by atoms with Crippen molar-refractivity contribution in [2.45, 2.75) is 51.0 Å². The molecule has 2 nitrogen and oxygen atoms in total. The van der Waals surface area contributed by atoms with Crippen molar-refractivity contribution in [1.29, 1.82) is 0 Å². The fraction of sp³-hybridized carbons (Fsp3) is 0.526. The van der Waals surface area contributed by atoms with Crippen LogP contribution in [0.15, 0.2) is 36.7 Å². The van der Waals surface area contributed by atoms with Crippen LogP contribution in [0, 0.1) is 11.8 Å². The topological polar surface area (TPSA) is 24.9 Å². The van der Waals surface area contributed by atoms with Gasteiger partial charge in [-0.25, -0.2) is 0 Å². The lowest BCUT2D eigenvalue weighted by Gasteiger charge is -2.40. The van der Waals surface area contributed by atoms with E-state index >= 15 is 0 Å². The zero-order valence-corrected chi connectivity index (χ0v) is 12.6. The molecular weight excluding hydrogens is 256 g/mol. The second-order valence-electron chi connectivity index (χ2n) is 6.86. The van der Waals surface area contributed by atoms with Gasteiger partial charge in [0.25, 0.3) is 0 Å². The molecule has 0 bridgehead atoms. The van der Waals surface area contributed by atoms with E-state index in [0.717, 1.165) is 11.8 Å². The lowest BCUT2D eigenvalue weighted by molar-refractivity contribution is 0.162. The maximum absolute atomic E-state index is 4.23. The minimum Gasteiger partial charge on any atom is -0.382 e. The molecule has 0 radical (unpaired) electrons. The van der Waals surface area contributed by atoms with E-state index in [1.54, 1.807) is 0 Å². The number of hydrogen-bond donors (Lipinski definition) is 1. The molecule has 110 valence electrons. The molecule has 2 aliphatic carbocycles. The molecule has 21 heavy (non-hydrogen) atoms. The maximum atomic E-state index is 4.23. The Morgan fingerprint density at radius 2 is 1.86 bits per heavy atom. The van der Waals surface area contributed by atoms with Crippen molar-refractivity contribution in [3.05, 3.63) is 36.7 Å². The minimum atomic E-state index is 0.656. The summed E-state index contributed by atoms with van der Waals surface area (Å²) in [6.07, 6.45) is 13.8. The van der Waals surface area contributed by atoms with Crippen molar-refractivity contribution in [1.82, 2.24) is 4.98 Å². The number of pyridine rings is 1. The van der Waals surface area contributed by atoms with Crippen LogP contribution in [0.5, 0.6) is 0 Å². The van der Waals surface area contributed by atoms with Gasteiger partial charge < -0.3 is 5.32 Å². The van der Waals surface area contributed by atoms with Crippen LogP contribution in [0.1, 0.15) is 44.9 Å². The first-order valence-electron chi connectivity index (χ1n) is 8.49. The Morgan fingerprint density at radius 1 is 0.952 bits per heavy atom. The average molecular weight is 280 g/mol. The highest BCUT2D eigenvalue weighted by Gasteiger charge is 2.32. The van der Waals surface area contributed by atoms with Crippen LogP contribution in [0.4, 0.5) is 5.69 Å². The van der Waals surface area contributed by atoms with Crippen molar-refractivity contribution in [2.24, 2.45) is 11.8 Å². The van der Waals surface area contributed by atoms with Gasteiger partial charge in [-0.05, 0) is 43.2 Å². The van der Waals surface area contributed by atoms with E-state index < -0.39 is 0 Å². The van der Waals surface area contributed by atoms with Gasteiger partial charge in [0.05, 0.1) is 0 Å². The Kier molecular flexibility index (Phi) is 3.54. The zero-order valence-electron chi connectivity index (χ0n) is 12.6. The van der Waals surface area contributed by atoms with Crippen LogP contribution in [-0.2, 0) is 0 Å². The average Bonchev–Trinajstić information content (AvgIpc) is 2.55. The number of aromatic nitrogens is 1. The molecule has 0 spiro atoms. The first-order valence-corrected chi connectivity index (χ1v) is 8.49. The molecular formula is C19H24N2. The van der Waals surface area contributed by atoms with E-state index in [4.69, 9.17) is 0 Å². The van der Waals surface area contributed by atoms with Gasteiger partial charge in [0, 0.05) is 34.9 Å². The van der Waals surface area contributed by atoms with Crippen LogP contribution in [0.3, 0.4) is 0 Å². The molecule has 1 heterocycles. The summed E-state index contributed by atoms with van der Waals surface area (Å²) in [5.41, 5.74) is 1.29. The fourth-order valence-corrected chi connectivity index (χ4v) is 4.47. The third-order valence-corrected chi connectivity index (χ3v) is 5.58. The number of nitrogens with one attached hydrogen (secondary N) is 1. The van der Waals surface area contributed by atoms with Gasteiger partial charge >= 0.3 is 0 Å². The summed E-state index contributed by atoms with van der Waals surface area (Å²) < 4.78 is 0. The van der Waals surface area contributed by atoms with Crippen molar-refractivity contribution in [3.63, 3.8) is 0 Å². The van der Waals surface area contributed by atoms with E-state index in [9.17, 15) is 0 Å². The Labute approximate surface area is 127 Å². The highest BCUT2D eigenvalue weighted by molar-refractivity contribution is 5.93. The number of anilines is 1. The lowest BCUT2D eigenvalue weighted by atomic mass is 9.69. The normalized spacial score (nSPS) is 29.0. The molecule has 3 atom stereocenters. The van der Waals surface area contributed by atoms with Gasteiger partial charge in [0.15, 0.2) is 0 Å². The molecule has 2 heteroatoms. The number of nitrogens with zero attached hydrogens (tertiary/aromatic N) is 1. The van der Waals surface area contributed by atoms with E-state index in [-0.39, 0.29) is 0 Å².